The van der Waals surface area contributed by atoms with Crippen molar-refractivity contribution in [2.45, 2.75) is 19.4 Å². The first-order valence-corrected chi connectivity index (χ1v) is 7.21. The Morgan fingerprint density at radius 3 is 2.58 bits per heavy atom. The van der Waals surface area contributed by atoms with Crippen molar-refractivity contribution in [2.24, 2.45) is 0 Å². The molecule has 0 saturated carbocycles. The smallest absolute Gasteiger partial charge is 0.159 e. The zero-order valence-electron chi connectivity index (χ0n) is 13.2. The van der Waals surface area contributed by atoms with Crippen molar-refractivity contribution >= 4 is 11.5 Å². The summed E-state index contributed by atoms with van der Waals surface area (Å²) in [7, 11) is 0. The van der Waals surface area contributed by atoms with E-state index in [-0.39, 0.29) is 23.5 Å². The molecule has 24 heavy (non-hydrogen) atoms. The summed E-state index contributed by atoms with van der Waals surface area (Å²) < 4.78 is 26.9. The first-order valence-electron chi connectivity index (χ1n) is 7.21. The van der Waals surface area contributed by atoms with Gasteiger partial charge in [-0.25, -0.2) is 8.78 Å². The fourth-order valence-corrected chi connectivity index (χ4v) is 2.30. The van der Waals surface area contributed by atoms with Crippen LogP contribution in [0.1, 0.15) is 35.3 Å². The SMILES string of the molecule is CC(=O)c1ccc(C#N)c(NCC(C)(O)c2ccc(F)cc2F)c1. The summed E-state index contributed by atoms with van der Waals surface area (Å²) in [4.78, 5) is 11.5. The third-order valence-electron chi connectivity index (χ3n) is 3.68. The second-order valence-electron chi connectivity index (χ2n) is 5.68. The number of benzene rings is 2. The fourth-order valence-electron chi connectivity index (χ4n) is 2.30. The topological polar surface area (TPSA) is 73.1 Å². The van der Waals surface area contributed by atoms with Gasteiger partial charge in [0.25, 0.3) is 0 Å². The molecular formula is C18H16F2N2O2. The first kappa shape index (κ1) is 17.6. The number of carbonyl (C=O) groups excluding carboxylic acids is 1. The number of nitrogens with zero attached hydrogens (tertiary/aromatic N) is 1. The van der Waals surface area contributed by atoms with Gasteiger partial charge < -0.3 is 10.4 Å². The van der Waals surface area contributed by atoms with Gasteiger partial charge in [-0.3, -0.25) is 4.79 Å². The summed E-state index contributed by atoms with van der Waals surface area (Å²) in [6.45, 7) is 2.64. The Bertz CT molecular complexity index is 826. The molecule has 0 aliphatic rings. The Morgan fingerprint density at radius 2 is 2.00 bits per heavy atom. The number of nitriles is 1. The summed E-state index contributed by atoms with van der Waals surface area (Å²) in [5.74, 6) is -1.76. The van der Waals surface area contributed by atoms with E-state index in [1.807, 2.05) is 6.07 Å². The number of aliphatic hydroxyl groups is 1. The molecule has 0 saturated heterocycles. The van der Waals surface area contributed by atoms with Crippen LogP contribution in [0.25, 0.3) is 0 Å². The average molecular weight is 330 g/mol. The highest BCUT2D eigenvalue weighted by molar-refractivity contribution is 5.95. The summed E-state index contributed by atoms with van der Waals surface area (Å²) in [6.07, 6.45) is 0. The van der Waals surface area contributed by atoms with Crippen LogP contribution in [0.4, 0.5) is 14.5 Å². The van der Waals surface area contributed by atoms with E-state index in [1.165, 1.54) is 38.1 Å². The number of Topliss-reactive ketones (excluding diaryl/α,β-unsaturated/α-hetero) is 1. The lowest BCUT2D eigenvalue weighted by Gasteiger charge is -2.25. The zero-order chi connectivity index (χ0) is 17.9. The summed E-state index contributed by atoms with van der Waals surface area (Å²) in [6, 6.07) is 9.42. The molecule has 0 bridgehead atoms. The van der Waals surface area contributed by atoms with Gasteiger partial charge in [-0.1, -0.05) is 6.07 Å². The van der Waals surface area contributed by atoms with Crippen molar-refractivity contribution < 1.29 is 18.7 Å². The van der Waals surface area contributed by atoms with Crippen LogP contribution in [-0.4, -0.2) is 17.4 Å². The number of hydrogen-bond acceptors (Lipinski definition) is 4. The minimum atomic E-state index is -1.64. The predicted octanol–water partition coefficient (Wildman–Crippen LogP) is 3.36. The maximum Gasteiger partial charge on any atom is 0.159 e. The molecule has 0 radical (unpaired) electrons. The summed E-state index contributed by atoms with van der Waals surface area (Å²) in [5.41, 5.74) is -0.665. The molecule has 1 atom stereocenters. The number of anilines is 1. The van der Waals surface area contributed by atoms with Crippen LogP contribution in [0.5, 0.6) is 0 Å². The highest BCUT2D eigenvalue weighted by Gasteiger charge is 2.27. The van der Waals surface area contributed by atoms with Gasteiger partial charge in [0.1, 0.15) is 23.3 Å². The standard InChI is InChI=1S/C18H16F2N2O2/c1-11(23)12-3-4-13(9-21)17(7-12)22-10-18(2,24)15-6-5-14(19)8-16(15)20/h3-8,22,24H,10H2,1-2H3. The number of carbonyl (C=O) groups is 1. The number of nitrogens with one attached hydrogen (secondary N) is 1. The Labute approximate surface area is 138 Å². The lowest BCUT2D eigenvalue weighted by atomic mass is 9.95. The van der Waals surface area contributed by atoms with Crippen LogP contribution < -0.4 is 5.32 Å². The normalized spacial score (nSPS) is 13.0. The van der Waals surface area contributed by atoms with Gasteiger partial charge in [-0.05, 0) is 38.1 Å². The molecule has 2 N–H and O–H groups in total. The Kier molecular flexibility index (Phi) is 4.96. The van der Waals surface area contributed by atoms with Crippen LogP contribution >= 0.6 is 0 Å². The van der Waals surface area contributed by atoms with Gasteiger partial charge in [-0.2, -0.15) is 5.26 Å². The van der Waals surface area contributed by atoms with Crippen LogP contribution in [0, 0.1) is 23.0 Å². The number of halogens is 2. The van der Waals surface area contributed by atoms with Crippen molar-refractivity contribution in [1.82, 2.24) is 0 Å². The van der Waals surface area contributed by atoms with Gasteiger partial charge in [0.15, 0.2) is 5.78 Å². The monoisotopic (exact) mass is 330 g/mol. The minimum absolute atomic E-state index is 0.0716. The third-order valence-corrected chi connectivity index (χ3v) is 3.68. The van der Waals surface area contributed by atoms with Crippen molar-refractivity contribution in [3.63, 3.8) is 0 Å². The molecule has 2 aromatic rings. The Morgan fingerprint density at radius 1 is 1.29 bits per heavy atom. The molecule has 0 aliphatic heterocycles. The van der Waals surface area contributed by atoms with E-state index in [1.54, 1.807) is 0 Å². The molecule has 0 aromatic heterocycles. The molecule has 2 aromatic carbocycles. The van der Waals surface area contributed by atoms with Gasteiger partial charge in [0, 0.05) is 23.7 Å². The molecule has 4 nitrogen and oxygen atoms in total. The zero-order valence-corrected chi connectivity index (χ0v) is 13.2. The molecule has 0 aliphatic carbocycles. The third kappa shape index (κ3) is 3.76. The minimum Gasteiger partial charge on any atom is -0.383 e. The van der Waals surface area contributed by atoms with E-state index < -0.39 is 17.2 Å². The average Bonchev–Trinajstić information content (AvgIpc) is 2.52. The van der Waals surface area contributed by atoms with Crippen molar-refractivity contribution in [3.8, 4) is 6.07 Å². The number of ketones is 1. The van der Waals surface area contributed by atoms with Gasteiger partial charge >= 0.3 is 0 Å². The molecule has 0 heterocycles. The molecular weight excluding hydrogens is 314 g/mol. The highest BCUT2D eigenvalue weighted by atomic mass is 19.1. The fraction of sp³-hybridized carbons (Fsp3) is 0.222. The molecule has 0 fully saturated rings. The summed E-state index contributed by atoms with van der Waals surface area (Å²) in [5, 5.41) is 22.5. The van der Waals surface area contributed by atoms with Crippen molar-refractivity contribution in [1.29, 1.82) is 5.26 Å². The van der Waals surface area contributed by atoms with E-state index in [0.717, 1.165) is 6.07 Å². The molecule has 2 rings (SSSR count). The second-order valence-corrected chi connectivity index (χ2v) is 5.68. The van der Waals surface area contributed by atoms with Crippen LogP contribution in [0.2, 0.25) is 0 Å². The second kappa shape index (κ2) is 6.77. The molecule has 6 heteroatoms. The van der Waals surface area contributed by atoms with Crippen molar-refractivity contribution in [3.05, 3.63) is 64.7 Å². The van der Waals surface area contributed by atoms with Gasteiger partial charge in [0.2, 0.25) is 0 Å². The van der Waals surface area contributed by atoms with Crippen LogP contribution in [-0.2, 0) is 5.60 Å². The van der Waals surface area contributed by atoms with Gasteiger partial charge in [0.05, 0.1) is 11.3 Å². The van der Waals surface area contributed by atoms with E-state index in [0.29, 0.717) is 17.3 Å². The number of hydrogen-bond donors (Lipinski definition) is 2. The largest absolute Gasteiger partial charge is 0.383 e. The molecule has 0 spiro atoms. The summed E-state index contributed by atoms with van der Waals surface area (Å²) >= 11 is 0. The first-order chi connectivity index (χ1) is 11.2. The van der Waals surface area contributed by atoms with Gasteiger partial charge in [-0.15, -0.1) is 0 Å². The van der Waals surface area contributed by atoms with Crippen LogP contribution in [0.15, 0.2) is 36.4 Å². The maximum absolute atomic E-state index is 13.9. The molecule has 1 unspecified atom stereocenters. The maximum atomic E-state index is 13.9. The van der Waals surface area contributed by atoms with E-state index >= 15 is 0 Å². The highest BCUT2D eigenvalue weighted by Crippen LogP contribution is 2.26. The number of rotatable bonds is 5. The van der Waals surface area contributed by atoms with Crippen LogP contribution in [0.3, 0.4) is 0 Å². The molecule has 124 valence electrons. The Hall–Kier alpha value is -2.78. The van der Waals surface area contributed by atoms with E-state index in [9.17, 15) is 18.7 Å². The lowest BCUT2D eigenvalue weighted by Crippen LogP contribution is -2.32. The van der Waals surface area contributed by atoms with E-state index in [2.05, 4.69) is 5.32 Å². The molecule has 0 amide bonds. The quantitative estimate of drug-likeness (QED) is 0.825. The predicted molar refractivity (Wildman–Crippen MR) is 85.6 cm³/mol. The van der Waals surface area contributed by atoms with Crippen molar-refractivity contribution in [2.75, 3.05) is 11.9 Å². The lowest BCUT2D eigenvalue weighted by molar-refractivity contribution is 0.0674. The Balaban J connectivity index is 2.27. The van der Waals surface area contributed by atoms with E-state index in [4.69, 9.17) is 5.26 Å².